The van der Waals surface area contributed by atoms with Crippen LogP contribution in [0.15, 0.2) is 48.5 Å². The Morgan fingerprint density at radius 1 is 0.871 bits per heavy atom. The minimum Gasteiger partial charge on any atom is -0.497 e. The van der Waals surface area contributed by atoms with Crippen LogP contribution in [-0.4, -0.2) is 49.2 Å². The van der Waals surface area contributed by atoms with Crippen molar-refractivity contribution in [3.05, 3.63) is 59.7 Å². The number of amides is 1. The maximum absolute atomic E-state index is 12.7. The van der Waals surface area contributed by atoms with Crippen molar-refractivity contribution in [2.45, 2.75) is 32.6 Å². The summed E-state index contributed by atoms with van der Waals surface area (Å²) in [7, 11) is 1.59. The molecule has 0 N–H and O–H groups in total. The summed E-state index contributed by atoms with van der Waals surface area (Å²) in [5.74, 6) is 1.39. The first kappa shape index (κ1) is 22.5. The lowest BCUT2D eigenvalue weighted by atomic mass is 9.88. The van der Waals surface area contributed by atoms with Gasteiger partial charge in [-0.05, 0) is 68.3 Å². The number of hydrogen-bond donors (Lipinski definition) is 0. The van der Waals surface area contributed by atoms with Crippen LogP contribution in [-0.2, 0) is 4.79 Å². The van der Waals surface area contributed by atoms with Gasteiger partial charge < -0.3 is 14.4 Å². The molecule has 6 heteroatoms. The van der Waals surface area contributed by atoms with Gasteiger partial charge in [-0.3, -0.25) is 14.4 Å². The molecule has 2 aromatic rings. The van der Waals surface area contributed by atoms with Gasteiger partial charge in [-0.2, -0.15) is 0 Å². The molecular weight excluding hydrogens is 394 g/mol. The van der Waals surface area contributed by atoms with E-state index < -0.39 is 0 Å². The molecule has 1 fully saturated rings. The van der Waals surface area contributed by atoms with Crippen LogP contribution in [0.1, 0.15) is 53.3 Å². The van der Waals surface area contributed by atoms with E-state index in [1.54, 1.807) is 60.5 Å². The summed E-state index contributed by atoms with van der Waals surface area (Å²) in [6, 6.07) is 14.1. The van der Waals surface area contributed by atoms with Gasteiger partial charge in [-0.1, -0.05) is 0 Å². The molecule has 31 heavy (non-hydrogen) atoms. The first-order valence-electron chi connectivity index (χ1n) is 10.7. The third-order valence-electron chi connectivity index (χ3n) is 5.65. The lowest BCUT2D eigenvalue weighted by Gasteiger charge is -2.31. The molecular formula is C25H29NO5. The second-order valence-corrected chi connectivity index (χ2v) is 7.63. The van der Waals surface area contributed by atoms with Crippen LogP contribution in [0.2, 0.25) is 0 Å². The minimum atomic E-state index is -0.0806. The van der Waals surface area contributed by atoms with E-state index >= 15 is 0 Å². The van der Waals surface area contributed by atoms with E-state index in [-0.39, 0.29) is 36.2 Å². The van der Waals surface area contributed by atoms with Crippen LogP contribution in [0.25, 0.3) is 0 Å². The highest BCUT2D eigenvalue weighted by molar-refractivity contribution is 5.99. The van der Waals surface area contributed by atoms with E-state index in [2.05, 4.69) is 0 Å². The minimum absolute atomic E-state index is 0.0327. The van der Waals surface area contributed by atoms with Crippen molar-refractivity contribution in [2.75, 3.05) is 26.8 Å². The molecule has 0 bridgehead atoms. The van der Waals surface area contributed by atoms with E-state index in [9.17, 15) is 14.4 Å². The Morgan fingerprint density at radius 3 is 2.03 bits per heavy atom. The number of carbonyl (C=O) groups excluding carboxylic acids is 3. The predicted molar refractivity (Wildman–Crippen MR) is 118 cm³/mol. The molecule has 0 radical (unpaired) electrons. The zero-order valence-electron chi connectivity index (χ0n) is 18.1. The Kier molecular flexibility index (Phi) is 7.82. The number of benzene rings is 2. The van der Waals surface area contributed by atoms with Crippen LogP contribution in [0.4, 0.5) is 0 Å². The summed E-state index contributed by atoms with van der Waals surface area (Å²) in [5, 5.41) is 0. The highest BCUT2D eigenvalue weighted by atomic mass is 16.5. The highest BCUT2D eigenvalue weighted by Crippen LogP contribution is 2.24. The molecule has 3 rings (SSSR count). The lowest BCUT2D eigenvalue weighted by molar-refractivity contribution is -0.132. The molecule has 1 aliphatic heterocycles. The summed E-state index contributed by atoms with van der Waals surface area (Å²) in [5.41, 5.74) is 1.26. The van der Waals surface area contributed by atoms with Crippen LogP contribution >= 0.6 is 0 Å². The molecule has 1 amide bonds. The third kappa shape index (κ3) is 5.94. The fourth-order valence-electron chi connectivity index (χ4n) is 3.81. The van der Waals surface area contributed by atoms with E-state index in [0.29, 0.717) is 43.7 Å². The Bertz CT molecular complexity index is 897. The number of carbonyl (C=O) groups is 3. The Morgan fingerprint density at radius 2 is 1.45 bits per heavy atom. The highest BCUT2D eigenvalue weighted by Gasteiger charge is 2.28. The van der Waals surface area contributed by atoms with Crippen molar-refractivity contribution in [3.8, 4) is 11.5 Å². The summed E-state index contributed by atoms with van der Waals surface area (Å²) in [6.45, 7) is 3.57. The zero-order chi connectivity index (χ0) is 22.2. The first-order chi connectivity index (χ1) is 15.0. The number of piperidine rings is 1. The SMILES string of the molecule is CCOc1ccc(C(=O)CCC(=O)N2CCC(C(=O)c3ccc(OC)cc3)CC2)cc1. The number of rotatable bonds is 9. The van der Waals surface area contributed by atoms with Gasteiger partial charge in [0.15, 0.2) is 11.6 Å². The average molecular weight is 424 g/mol. The maximum Gasteiger partial charge on any atom is 0.223 e. The molecule has 0 atom stereocenters. The van der Waals surface area contributed by atoms with Crippen LogP contribution in [0, 0.1) is 5.92 Å². The number of ketones is 2. The standard InChI is InChI=1S/C25H29NO5/c1-3-31-22-10-4-18(5-11-22)23(27)12-13-24(28)26-16-14-20(15-17-26)25(29)19-6-8-21(30-2)9-7-19/h4-11,20H,3,12-17H2,1-2H3. The Labute approximate surface area is 183 Å². The molecule has 1 heterocycles. The third-order valence-corrected chi connectivity index (χ3v) is 5.65. The van der Waals surface area contributed by atoms with Gasteiger partial charge in [-0.15, -0.1) is 0 Å². The molecule has 0 saturated carbocycles. The van der Waals surface area contributed by atoms with E-state index in [0.717, 1.165) is 11.5 Å². The number of likely N-dealkylation sites (tertiary alicyclic amines) is 1. The lowest BCUT2D eigenvalue weighted by Crippen LogP contribution is -2.40. The molecule has 0 unspecified atom stereocenters. The fraction of sp³-hybridized carbons (Fsp3) is 0.400. The number of nitrogens with zero attached hydrogens (tertiary/aromatic N) is 1. The number of Topliss-reactive ketones (excluding diaryl/α,β-unsaturated/α-hetero) is 2. The van der Waals surface area contributed by atoms with Crippen molar-refractivity contribution in [3.63, 3.8) is 0 Å². The number of hydrogen-bond acceptors (Lipinski definition) is 5. The zero-order valence-corrected chi connectivity index (χ0v) is 18.1. The van der Waals surface area contributed by atoms with Crippen molar-refractivity contribution < 1.29 is 23.9 Å². The van der Waals surface area contributed by atoms with Gasteiger partial charge in [-0.25, -0.2) is 0 Å². The van der Waals surface area contributed by atoms with Crippen LogP contribution in [0.3, 0.4) is 0 Å². The molecule has 1 aliphatic rings. The maximum atomic E-state index is 12.7. The van der Waals surface area contributed by atoms with Crippen molar-refractivity contribution in [2.24, 2.45) is 5.92 Å². The van der Waals surface area contributed by atoms with Crippen molar-refractivity contribution >= 4 is 17.5 Å². The number of methoxy groups -OCH3 is 1. The van der Waals surface area contributed by atoms with Gasteiger partial charge >= 0.3 is 0 Å². The Hall–Kier alpha value is -3.15. The summed E-state index contributed by atoms with van der Waals surface area (Å²) in [4.78, 5) is 39.4. The molecule has 0 aliphatic carbocycles. The average Bonchev–Trinajstić information content (AvgIpc) is 2.82. The molecule has 1 saturated heterocycles. The van der Waals surface area contributed by atoms with Crippen LogP contribution < -0.4 is 9.47 Å². The molecule has 6 nitrogen and oxygen atoms in total. The van der Waals surface area contributed by atoms with Crippen LogP contribution in [0.5, 0.6) is 11.5 Å². The molecule has 0 aromatic heterocycles. The second-order valence-electron chi connectivity index (χ2n) is 7.63. The van der Waals surface area contributed by atoms with Gasteiger partial charge in [0.1, 0.15) is 11.5 Å². The van der Waals surface area contributed by atoms with Gasteiger partial charge in [0.25, 0.3) is 0 Å². The van der Waals surface area contributed by atoms with E-state index in [4.69, 9.17) is 9.47 Å². The summed E-state index contributed by atoms with van der Waals surface area (Å²) >= 11 is 0. The van der Waals surface area contributed by atoms with Gasteiger partial charge in [0.05, 0.1) is 13.7 Å². The molecule has 164 valence electrons. The summed E-state index contributed by atoms with van der Waals surface area (Å²) in [6.07, 6.45) is 1.65. The normalized spacial score (nSPS) is 14.2. The summed E-state index contributed by atoms with van der Waals surface area (Å²) < 4.78 is 10.5. The van der Waals surface area contributed by atoms with E-state index in [1.807, 2.05) is 6.92 Å². The van der Waals surface area contributed by atoms with Crippen molar-refractivity contribution in [1.82, 2.24) is 4.90 Å². The Balaban J connectivity index is 1.45. The van der Waals surface area contributed by atoms with Gasteiger partial charge in [0, 0.05) is 43.0 Å². The second kappa shape index (κ2) is 10.8. The monoisotopic (exact) mass is 423 g/mol. The molecule has 2 aromatic carbocycles. The smallest absolute Gasteiger partial charge is 0.223 e. The quantitative estimate of drug-likeness (QED) is 0.566. The number of ether oxygens (including phenoxy) is 2. The van der Waals surface area contributed by atoms with E-state index in [1.165, 1.54) is 0 Å². The predicted octanol–water partition coefficient (Wildman–Crippen LogP) is 4.18. The molecule has 0 spiro atoms. The topological polar surface area (TPSA) is 72.9 Å². The van der Waals surface area contributed by atoms with Crippen molar-refractivity contribution in [1.29, 1.82) is 0 Å². The fourth-order valence-corrected chi connectivity index (χ4v) is 3.81. The van der Waals surface area contributed by atoms with Gasteiger partial charge in [0.2, 0.25) is 5.91 Å². The largest absolute Gasteiger partial charge is 0.497 e. The first-order valence-corrected chi connectivity index (χ1v) is 10.7.